The van der Waals surface area contributed by atoms with Gasteiger partial charge in [-0.2, -0.15) is 0 Å². The fourth-order valence-corrected chi connectivity index (χ4v) is 2.71. The number of rotatable bonds is 5. The summed E-state index contributed by atoms with van der Waals surface area (Å²) in [5.41, 5.74) is 0.0205. The van der Waals surface area contributed by atoms with Gasteiger partial charge in [0.05, 0.1) is 12.7 Å². The third-order valence-electron chi connectivity index (χ3n) is 4.18. The van der Waals surface area contributed by atoms with Gasteiger partial charge in [-0.15, -0.1) is 0 Å². The zero-order valence-electron chi connectivity index (χ0n) is 14.8. The van der Waals surface area contributed by atoms with Crippen LogP contribution in [0.15, 0.2) is 36.7 Å². The quantitative estimate of drug-likeness (QED) is 0.725. The van der Waals surface area contributed by atoms with Crippen LogP contribution in [0.5, 0.6) is 5.75 Å². The second-order valence-electron chi connectivity index (χ2n) is 5.84. The molecule has 1 aromatic carbocycles. The monoisotopic (exact) mass is 374 g/mol. The summed E-state index contributed by atoms with van der Waals surface area (Å²) in [6.45, 7) is 1.74. The molecule has 1 amide bonds. The van der Waals surface area contributed by atoms with Crippen LogP contribution in [0.1, 0.15) is 10.4 Å². The van der Waals surface area contributed by atoms with Crippen molar-refractivity contribution in [2.75, 3.05) is 44.8 Å². The highest BCUT2D eigenvalue weighted by Gasteiger charge is 2.23. The number of benzene rings is 1. The van der Waals surface area contributed by atoms with Gasteiger partial charge in [-0.25, -0.2) is 19.2 Å². The van der Waals surface area contributed by atoms with E-state index in [2.05, 4.69) is 9.97 Å². The van der Waals surface area contributed by atoms with E-state index in [1.54, 1.807) is 23.4 Å². The number of carbonyl (C=O) groups is 2. The molecular formula is C18H19FN4O4. The van der Waals surface area contributed by atoms with Gasteiger partial charge in [0, 0.05) is 38.6 Å². The van der Waals surface area contributed by atoms with Gasteiger partial charge in [0.25, 0.3) is 5.91 Å². The van der Waals surface area contributed by atoms with E-state index >= 15 is 0 Å². The summed E-state index contributed by atoms with van der Waals surface area (Å²) in [5, 5.41) is 0. The van der Waals surface area contributed by atoms with Crippen LogP contribution in [0.2, 0.25) is 0 Å². The minimum Gasteiger partial charge on any atom is -0.494 e. The van der Waals surface area contributed by atoms with Crippen LogP contribution < -0.4 is 9.64 Å². The van der Waals surface area contributed by atoms with Gasteiger partial charge < -0.3 is 19.3 Å². The normalized spacial score (nSPS) is 14.0. The minimum absolute atomic E-state index is 0.0205. The minimum atomic E-state index is -0.763. The summed E-state index contributed by atoms with van der Waals surface area (Å²) >= 11 is 0. The summed E-state index contributed by atoms with van der Waals surface area (Å²) in [6.07, 6.45) is 3.34. The van der Waals surface area contributed by atoms with E-state index in [0.717, 1.165) is 6.07 Å². The zero-order chi connectivity index (χ0) is 19.2. The van der Waals surface area contributed by atoms with E-state index in [1.807, 2.05) is 4.90 Å². The van der Waals surface area contributed by atoms with Crippen LogP contribution in [0, 0.1) is 5.82 Å². The number of halogens is 1. The fourth-order valence-electron chi connectivity index (χ4n) is 2.71. The highest BCUT2D eigenvalue weighted by Crippen LogP contribution is 2.18. The molecule has 1 fully saturated rings. The van der Waals surface area contributed by atoms with Gasteiger partial charge in [0.2, 0.25) is 5.95 Å². The summed E-state index contributed by atoms with van der Waals surface area (Å²) < 4.78 is 23.5. The number of piperazine rings is 1. The van der Waals surface area contributed by atoms with Crippen molar-refractivity contribution in [3.63, 3.8) is 0 Å². The molecule has 0 spiro atoms. The van der Waals surface area contributed by atoms with E-state index in [9.17, 15) is 14.0 Å². The van der Waals surface area contributed by atoms with Crippen LogP contribution in [0.25, 0.3) is 0 Å². The van der Waals surface area contributed by atoms with Crippen molar-refractivity contribution in [3.05, 3.63) is 48.0 Å². The maximum atomic E-state index is 13.7. The van der Waals surface area contributed by atoms with Crippen molar-refractivity contribution < 1.29 is 23.5 Å². The first-order chi connectivity index (χ1) is 13.1. The Bertz CT molecular complexity index is 810. The average molecular weight is 374 g/mol. The first-order valence-electron chi connectivity index (χ1n) is 8.39. The Morgan fingerprint density at radius 1 is 1.15 bits per heavy atom. The Labute approximate surface area is 155 Å². The third kappa shape index (κ3) is 4.49. The van der Waals surface area contributed by atoms with Crippen LogP contribution in [-0.2, 0) is 9.53 Å². The van der Waals surface area contributed by atoms with Crippen LogP contribution >= 0.6 is 0 Å². The van der Waals surface area contributed by atoms with Crippen molar-refractivity contribution in [1.29, 1.82) is 0 Å². The maximum absolute atomic E-state index is 13.7. The molecule has 2 aromatic rings. The Kier molecular flexibility index (Phi) is 5.80. The Balaban J connectivity index is 1.48. The van der Waals surface area contributed by atoms with Crippen LogP contribution in [0.4, 0.5) is 10.3 Å². The fraction of sp³-hybridized carbons (Fsp3) is 0.333. The van der Waals surface area contributed by atoms with E-state index in [0.29, 0.717) is 32.1 Å². The molecule has 2 heterocycles. The first-order valence-corrected chi connectivity index (χ1v) is 8.39. The number of amides is 1. The van der Waals surface area contributed by atoms with Gasteiger partial charge in [0.1, 0.15) is 0 Å². The van der Waals surface area contributed by atoms with Crippen molar-refractivity contribution in [3.8, 4) is 5.75 Å². The van der Waals surface area contributed by atoms with Crippen molar-refractivity contribution in [2.45, 2.75) is 0 Å². The maximum Gasteiger partial charge on any atom is 0.338 e. The number of methoxy groups -OCH3 is 1. The molecule has 8 nitrogen and oxygen atoms in total. The topological polar surface area (TPSA) is 84.9 Å². The second kappa shape index (κ2) is 8.43. The van der Waals surface area contributed by atoms with Gasteiger partial charge in [-0.1, -0.05) is 0 Å². The lowest BCUT2D eigenvalue weighted by Crippen LogP contribution is -2.50. The molecular weight excluding hydrogens is 355 g/mol. The lowest BCUT2D eigenvalue weighted by atomic mass is 10.2. The second-order valence-corrected chi connectivity index (χ2v) is 5.84. The molecule has 27 heavy (non-hydrogen) atoms. The molecule has 0 radical (unpaired) electrons. The standard InChI is InChI=1S/C18H19FN4O4/c1-26-15-4-3-13(11-14(15)19)17(25)27-12-16(24)22-7-9-23(10-8-22)18-20-5-2-6-21-18/h2-6,11H,7-10,12H2,1H3. The molecule has 3 rings (SSSR count). The molecule has 0 N–H and O–H groups in total. The number of esters is 1. The van der Waals surface area contributed by atoms with E-state index in [-0.39, 0.29) is 17.2 Å². The highest BCUT2D eigenvalue weighted by molar-refractivity contribution is 5.91. The molecule has 1 aromatic heterocycles. The van der Waals surface area contributed by atoms with Crippen LogP contribution in [-0.4, -0.2) is 66.6 Å². The molecule has 1 aliphatic heterocycles. The number of aromatic nitrogens is 2. The Hall–Kier alpha value is -3.23. The largest absolute Gasteiger partial charge is 0.494 e. The number of anilines is 1. The molecule has 0 saturated carbocycles. The number of nitrogens with zero attached hydrogens (tertiary/aromatic N) is 4. The molecule has 9 heteroatoms. The number of hydrogen-bond donors (Lipinski definition) is 0. The molecule has 142 valence electrons. The van der Waals surface area contributed by atoms with Crippen LogP contribution in [0.3, 0.4) is 0 Å². The van der Waals surface area contributed by atoms with Gasteiger partial charge >= 0.3 is 5.97 Å². The average Bonchev–Trinajstić information content (AvgIpc) is 2.72. The summed E-state index contributed by atoms with van der Waals surface area (Å²) in [4.78, 5) is 36.2. The SMILES string of the molecule is COc1ccc(C(=O)OCC(=O)N2CCN(c3ncccn3)CC2)cc1F. The Morgan fingerprint density at radius 3 is 2.48 bits per heavy atom. The predicted molar refractivity (Wildman–Crippen MR) is 94.1 cm³/mol. The summed E-state index contributed by atoms with van der Waals surface area (Å²) in [5.74, 6) is -1.08. The van der Waals surface area contributed by atoms with Gasteiger partial charge in [-0.05, 0) is 24.3 Å². The van der Waals surface area contributed by atoms with Crippen molar-refractivity contribution in [1.82, 2.24) is 14.9 Å². The number of carbonyl (C=O) groups excluding carboxylic acids is 2. The molecule has 0 atom stereocenters. The lowest BCUT2D eigenvalue weighted by molar-refractivity contribution is -0.134. The lowest BCUT2D eigenvalue weighted by Gasteiger charge is -2.34. The Morgan fingerprint density at radius 2 is 1.85 bits per heavy atom. The third-order valence-corrected chi connectivity index (χ3v) is 4.18. The van der Waals surface area contributed by atoms with E-state index in [4.69, 9.17) is 9.47 Å². The summed E-state index contributed by atoms with van der Waals surface area (Å²) in [7, 11) is 1.33. The van der Waals surface area contributed by atoms with E-state index < -0.39 is 18.4 Å². The van der Waals surface area contributed by atoms with Crippen molar-refractivity contribution in [2.24, 2.45) is 0 Å². The molecule has 0 aliphatic carbocycles. The highest BCUT2D eigenvalue weighted by atomic mass is 19.1. The smallest absolute Gasteiger partial charge is 0.338 e. The van der Waals surface area contributed by atoms with Gasteiger partial charge in [-0.3, -0.25) is 4.79 Å². The number of hydrogen-bond acceptors (Lipinski definition) is 7. The molecule has 1 aliphatic rings. The zero-order valence-corrected chi connectivity index (χ0v) is 14.8. The van der Waals surface area contributed by atoms with E-state index in [1.165, 1.54) is 19.2 Å². The molecule has 0 bridgehead atoms. The summed E-state index contributed by atoms with van der Waals surface area (Å²) in [6, 6.07) is 5.47. The number of ether oxygens (including phenoxy) is 2. The molecule has 1 saturated heterocycles. The van der Waals surface area contributed by atoms with Crippen molar-refractivity contribution >= 4 is 17.8 Å². The molecule has 0 unspecified atom stereocenters. The van der Waals surface area contributed by atoms with Gasteiger partial charge in [0.15, 0.2) is 18.2 Å². The predicted octanol–water partition coefficient (Wildman–Crippen LogP) is 1.13. The first kappa shape index (κ1) is 18.6.